The minimum atomic E-state index is -1.14. The number of carboxylic acid groups (broad SMARTS) is 1. The number of aryl methyl sites for hydroxylation is 2. The van der Waals surface area contributed by atoms with E-state index < -0.39 is 11.8 Å². The first-order valence-electron chi connectivity index (χ1n) is 5.80. The zero-order valence-electron chi connectivity index (χ0n) is 10.7. The molecule has 2 rings (SSSR count). The summed E-state index contributed by atoms with van der Waals surface area (Å²) < 4.78 is 13.7. The number of nitrogens with one attached hydrogen (secondary N) is 1. The highest BCUT2D eigenvalue weighted by Crippen LogP contribution is 2.24. The Labute approximate surface area is 114 Å². The number of carboxylic acids is 1. The lowest BCUT2D eigenvalue weighted by Crippen LogP contribution is -2.07. The Bertz CT molecular complexity index is 602. The first kappa shape index (κ1) is 13.5. The molecule has 5 heteroatoms. The normalized spacial score (nSPS) is 10.5. The first-order chi connectivity index (χ1) is 8.99. The number of rotatable bonds is 4. The number of hydrogen-bond donors (Lipinski definition) is 2. The predicted octanol–water partition coefficient (Wildman–Crippen LogP) is 3.81. The lowest BCUT2D eigenvalue weighted by Gasteiger charge is -2.09. The van der Waals surface area contributed by atoms with Crippen molar-refractivity contribution in [2.24, 2.45) is 0 Å². The van der Waals surface area contributed by atoms with Crippen LogP contribution in [0.1, 0.15) is 25.7 Å². The molecule has 0 amide bonds. The Balaban J connectivity index is 2.21. The first-order valence-corrected chi connectivity index (χ1v) is 6.62. The number of benzene rings is 1. The molecule has 3 nitrogen and oxygen atoms in total. The number of carbonyl (C=O) groups is 1. The van der Waals surface area contributed by atoms with Gasteiger partial charge in [0.25, 0.3) is 0 Å². The smallest absolute Gasteiger partial charge is 0.337 e. The maximum atomic E-state index is 13.7. The number of aromatic carboxylic acids is 1. The summed E-state index contributed by atoms with van der Waals surface area (Å²) in [4.78, 5) is 13.3. The third kappa shape index (κ3) is 2.93. The van der Waals surface area contributed by atoms with E-state index in [0.29, 0.717) is 6.54 Å². The van der Waals surface area contributed by atoms with Crippen LogP contribution < -0.4 is 5.32 Å². The van der Waals surface area contributed by atoms with Gasteiger partial charge in [0.2, 0.25) is 0 Å². The molecule has 1 aromatic heterocycles. The molecule has 2 aromatic rings. The van der Waals surface area contributed by atoms with Gasteiger partial charge in [-0.2, -0.15) is 0 Å². The summed E-state index contributed by atoms with van der Waals surface area (Å²) in [6.45, 7) is 4.46. The molecule has 0 saturated carbocycles. The van der Waals surface area contributed by atoms with Crippen LogP contribution in [0.25, 0.3) is 0 Å². The van der Waals surface area contributed by atoms with Gasteiger partial charge in [-0.1, -0.05) is 6.07 Å². The van der Waals surface area contributed by atoms with Crippen LogP contribution in [0.4, 0.5) is 10.1 Å². The standard InChI is InChI=1S/C14H14FNO2S/c1-8-6-10(19-9(8)2)7-16-13-11(14(17)18)4-3-5-12(13)15/h3-6,16H,7H2,1-2H3,(H,17,18). The zero-order valence-corrected chi connectivity index (χ0v) is 11.5. The van der Waals surface area contributed by atoms with E-state index >= 15 is 0 Å². The molecule has 1 heterocycles. The van der Waals surface area contributed by atoms with Crippen LogP contribution in [0.5, 0.6) is 0 Å². The SMILES string of the molecule is Cc1cc(CNc2c(F)cccc2C(=O)O)sc1C. The highest BCUT2D eigenvalue weighted by Gasteiger charge is 2.14. The second kappa shape index (κ2) is 5.40. The molecular weight excluding hydrogens is 265 g/mol. The van der Waals surface area contributed by atoms with Crippen molar-refractivity contribution in [3.63, 3.8) is 0 Å². The molecule has 0 radical (unpaired) electrons. The van der Waals surface area contributed by atoms with Crippen molar-refractivity contribution in [1.29, 1.82) is 0 Å². The van der Waals surface area contributed by atoms with E-state index in [4.69, 9.17) is 5.11 Å². The highest BCUT2D eigenvalue weighted by atomic mass is 32.1. The van der Waals surface area contributed by atoms with Crippen molar-refractivity contribution in [1.82, 2.24) is 0 Å². The summed E-state index contributed by atoms with van der Waals surface area (Å²) in [5.41, 5.74) is 1.18. The lowest BCUT2D eigenvalue weighted by molar-refractivity contribution is 0.0697. The van der Waals surface area contributed by atoms with Crippen molar-refractivity contribution >= 4 is 23.0 Å². The van der Waals surface area contributed by atoms with Gasteiger partial charge in [0, 0.05) is 16.3 Å². The van der Waals surface area contributed by atoms with Crippen molar-refractivity contribution in [2.75, 3.05) is 5.32 Å². The molecule has 0 bridgehead atoms. The zero-order chi connectivity index (χ0) is 14.0. The van der Waals surface area contributed by atoms with Crippen LogP contribution in [-0.4, -0.2) is 11.1 Å². The molecule has 2 N–H and O–H groups in total. The van der Waals surface area contributed by atoms with E-state index in [1.165, 1.54) is 28.6 Å². The van der Waals surface area contributed by atoms with Crippen molar-refractivity contribution in [3.05, 3.63) is 51.0 Å². The largest absolute Gasteiger partial charge is 0.478 e. The summed E-state index contributed by atoms with van der Waals surface area (Å²) in [7, 11) is 0. The summed E-state index contributed by atoms with van der Waals surface area (Å²) in [6.07, 6.45) is 0. The third-order valence-electron chi connectivity index (χ3n) is 2.90. The summed E-state index contributed by atoms with van der Waals surface area (Å²) in [5, 5.41) is 11.9. The van der Waals surface area contributed by atoms with Gasteiger partial charge in [-0.3, -0.25) is 0 Å². The second-order valence-electron chi connectivity index (χ2n) is 4.27. The van der Waals surface area contributed by atoms with E-state index in [1.54, 1.807) is 11.3 Å². The predicted molar refractivity (Wildman–Crippen MR) is 74.5 cm³/mol. The number of hydrogen-bond acceptors (Lipinski definition) is 3. The molecule has 0 aliphatic heterocycles. The fourth-order valence-corrected chi connectivity index (χ4v) is 2.79. The van der Waals surface area contributed by atoms with Gasteiger partial charge >= 0.3 is 5.97 Å². The molecule has 0 fully saturated rings. The molecule has 0 atom stereocenters. The highest BCUT2D eigenvalue weighted by molar-refractivity contribution is 7.12. The third-order valence-corrected chi connectivity index (χ3v) is 4.05. The molecule has 1 aromatic carbocycles. The monoisotopic (exact) mass is 279 g/mol. The fraction of sp³-hybridized carbons (Fsp3) is 0.214. The Morgan fingerprint density at radius 1 is 1.42 bits per heavy atom. The van der Waals surface area contributed by atoms with Crippen LogP contribution in [0.3, 0.4) is 0 Å². The van der Waals surface area contributed by atoms with Crippen molar-refractivity contribution in [2.45, 2.75) is 20.4 Å². The number of thiophene rings is 1. The minimum Gasteiger partial charge on any atom is -0.478 e. The average Bonchev–Trinajstić information content (AvgIpc) is 2.67. The molecule has 19 heavy (non-hydrogen) atoms. The van der Waals surface area contributed by atoms with Gasteiger partial charge in [0.1, 0.15) is 5.82 Å². The molecule has 0 saturated heterocycles. The minimum absolute atomic E-state index is 0.0405. The summed E-state index contributed by atoms with van der Waals surface area (Å²) in [5.74, 6) is -1.69. The van der Waals surface area contributed by atoms with Gasteiger partial charge in [0.05, 0.1) is 11.3 Å². The van der Waals surface area contributed by atoms with Gasteiger partial charge in [-0.05, 0) is 37.6 Å². The molecule has 100 valence electrons. The van der Waals surface area contributed by atoms with E-state index in [-0.39, 0.29) is 11.3 Å². The Kier molecular flexibility index (Phi) is 3.85. The number of halogens is 1. The Morgan fingerprint density at radius 3 is 2.74 bits per heavy atom. The van der Waals surface area contributed by atoms with E-state index in [1.807, 2.05) is 19.9 Å². The quantitative estimate of drug-likeness (QED) is 0.894. The topological polar surface area (TPSA) is 49.3 Å². The fourth-order valence-electron chi connectivity index (χ4n) is 1.79. The molecular formula is C14H14FNO2S. The van der Waals surface area contributed by atoms with Crippen LogP contribution in [0.15, 0.2) is 24.3 Å². The van der Waals surface area contributed by atoms with Crippen LogP contribution in [0.2, 0.25) is 0 Å². The van der Waals surface area contributed by atoms with E-state index in [0.717, 1.165) is 4.88 Å². The number of anilines is 1. The van der Waals surface area contributed by atoms with Crippen LogP contribution >= 0.6 is 11.3 Å². The van der Waals surface area contributed by atoms with Gasteiger partial charge in [0.15, 0.2) is 0 Å². The Hall–Kier alpha value is -1.88. The van der Waals surface area contributed by atoms with Gasteiger partial charge < -0.3 is 10.4 Å². The summed E-state index contributed by atoms with van der Waals surface area (Å²) >= 11 is 1.62. The average molecular weight is 279 g/mol. The van der Waals surface area contributed by atoms with E-state index in [2.05, 4.69) is 5.32 Å². The van der Waals surface area contributed by atoms with Crippen LogP contribution in [0, 0.1) is 19.7 Å². The van der Waals surface area contributed by atoms with Crippen molar-refractivity contribution in [3.8, 4) is 0 Å². The van der Waals surface area contributed by atoms with Gasteiger partial charge in [-0.15, -0.1) is 11.3 Å². The van der Waals surface area contributed by atoms with Gasteiger partial charge in [-0.25, -0.2) is 9.18 Å². The maximum absolute atomic E-state index is 13.7. The molecule has 0 unspecified atom stereocenters. The van der Waals surface area contributed by atoms with E-state index in [9.17, 15) is 9.18 Å². The lowest BCUT2D eigenvalue weighted by atomic mass is 10.1. The molecule has 0 aliphatic rings. The Morgan fingerprint density at radius 2 is 2.16 bits per heavy atom. The summed E-state index contributed by atoms with van der Waals surface area (Å²) in [6, 6.07) is 6.05. The molecule has 0 aliphatic carbocycles. The van der Waals surface area contributed by atoms with Crippen LogP contribution in [-0.2, 0) is 6.54 Å². The maximum Gasteiger partial charge on any atom is 0.337 e. The van der Waals surface area contributed by atoms with Crippen molar-refractivity contribution < 1.29 is 14.3 Å². The second-order valence-corrected chi connectivity index (χ2v) is 5.61. The number of para-hydroxylation sites is 1. The molecule has 0 spiro atoms.